The van der Waals surface area contributed by atoms with Crippen LogP contribution in [-0.2, 0) is 4.79 Å². The lowest BCUT2D eigenvalue weighted by atomic mass is 10.2. The van der Waals surface area contributed by atoms with Crippen molar-refractivity contribution in [3.05, 3.63) is 41.4 Å². The second kappa shape index (κ2) is 4.44. The van der Waals surface area contributed by atoms with E-state index in [4.69, 9.17) is 22.1 Å². The van der Waals surface area contributed by atoms with Gasteiger partial charge in [0.25, 0.3) is 5.91 Å². The average Bonchev–Trinajstić information content (AvgIpc) is 2.40. The van der Waals surface area contributed by atoms with Gasteiger partial charge in [-0.2, -0.15) is 4.98 Å². The molecule has 1 aromatic carbocycles. The molecule has 1 aliphatic rings. The fourth-order valence-electron chi connectivity index (χ4n) is 1.93. The molecule has 3 rings (SSSR count). The number of carbonyl (C=O) groups excluding carboxylic acids is 1. The SMILES string of the molecule is Nc1ccc2c(n1)OCC(=O)N2c1ccc(Cl)cc1. The molecule has 0 fully saturated rings. The molecule has 0 saturated carbocycles. The quantitative estimate of drug-likeness (QED) is 0.867. The maximum Gasteiger partial charge on any atom is 0.269 e. The molecule has 0 aliphatic carbocycles. The van der Waals surface area contributed by atoms with Gasteiger partial charge in [0.2, 0.25) is 5.88 Å². The number of benzene rings is 1. The Bertz CT molecular complexity index is 643. The summed E-state index contributed by atoms with van der Waals surface area (Å²) in [5, 5.41) is 0.611. The number of anilines is 3. The van der Waals surface area contributed by atoms with Gasteiger partial charge in [0.15, 0.2) is 6.61 Å². The van der Waals surface area contributed by atoms with Gasteiger partial charge in [0.05, 0.1) is 0 Å². The summed E-state index contributed by atoms with van der Waals surface area (Å²) >= 11 is 5.85. The molecule has 0 atom stereocenters. The molecule has 0 unspecified atom stereocenters. The second-order valence-electron chi connectivity index (χ2n) is 4.05. The number of hydrogen-bond acceptors (Lipinski definition) is 4. The maximum absolute atomic E-state index is 12.0. The average molecular weight is 276 g/mol. The molecule has 19 heavy (non-hydrogen) atoms. The molecular weight excluding hydrogens is 266 g/mol. The zero-order valence-electron chi connectivity index (χ0n) is 9.84. The number of carbonyl (C=O) groups is 1. The minimum atomic E-state index is -0.165. The standard InChI is InChI=1S/C13H10ClN3O2/c14-8-1-3-9(4-2-8)17-10-5-6-11(15)16-13(10)19-7-12(17)18/h1-6H,7H2,(H2,15,16). The van der Waals surface area contributed by atoms with E-state index in [9.17, 15) is 4.79 Å². The van der Waals surface area contributed by atoms with Crippen LogP contribution < -0.4 is 15.4 Å². The molecule has 0 saturated heterocycles. The van der Waals surface area contributed by atoms with Crippen LogP contribution in [-0.4, -0.2) is 17.5 Å². The molecule has 1 aliphatic heterocycles. The van der Waals surface area contributed by atoms with Gasteiger partial charge in [-0.05, 0) is 36.4 Å². The molecular formula is C13H10ClN3O2. The number of hydrogen-bond donors (Lipinski definition) is 1. The largest absolute Gasteiger partial charge is 0.466 e. The predicted octanol–water partition coefficient (Wildman–Crippen LogP) is 2.37. The monoisotopic (exact) mass is 275 g/mol. The molecule has 2 heterocycles. The Morgan fingerprint density at radius 1 is 1.21 bits per heavy atom. The number of nitrogens with two attached hydrogens (primary N) is 1. The third-order valence-electron chi connectivity index (χ3n) is 2.77. The molecule has 0 spiro atoms. The maximum atomic E-state index is 12.0. The van der Waals surface area contributed by atoms with Gasteiger partial charge >= 0.3 is 0 Å². The van der Waals surface area contributed by atoms with Gasteiger partial charge in [-0.1, -0.05) is 11.6 Å². The number of amides is 1. The Morgan fingerprint density at radius 2 is 1.95 bits per heavy atom. The molecule has 2 N–H and O–H groups in total. The molecule has 2 aromatic rings. The van der Waals surface area contributed by atoms with E-state index in [1.165, 1.54) is 0 Å². The van der Waals surface area contributed by atoms with Gasteiger partial charge in [-0.15, -0.1) is 0 Å². The number of rotatable bonds is 1. The van der Waals surface area contributed by atoms with Crippen molar-refractivity contribution in [1.29, 1.82) is 0 Å². The number of pyridine rings is 1. The van der Waals surface area contributed by atoms with Crippen molar-refractivity contribution < 1.29 is 9.53 Å². The first-order valence-electron chi connectivity index (χ1n) is 5.63. The molecule has 1 amide bonds. The summed E-state index contributed by atoms with van der Waals surface area (Å²) in [5.74, 6) is 0.542. The van der Waals surface area contributed by atoms with Gasteiger partial charge in [-0.3, -0.25) is 9.69 Å². The van der Waals surface area contributed by atoms with Gasteiger partial charge in [0.1, 0.15) is 11.5 Å². The summed E-state index contributed by atoms with van der Waals surface area (Å²) in [4.78, 5) is 17.7. The van der Waals surface area contributed by atoms with Gasteiger partial charge in [0, 0.05) is 10.7 Å². The van der Waals surface area contributed by atoms with Crippen molar-refractivity contribution in [2.45, 2.75) is 0 Å². The zero-order chi connectivity index (χ0) is 13.4. The van der Waals surface area contributed by atoms with E-state index in [0.29, 0.717) is 28.1 Å². The Kier molecular flexibility index (Phi) is 2.76. The van der Waals surface area contributed by atoms with Gasteiger partial charge < -0.3 is 10.5 Å². The van der Waals surface area contributed by atoms with E-state index in [-0.39, 0.29) is 12.5 Å². The number of ether oxygens (including phenoxy) is 1. The minimum Gasteiger partial charge on any atom is -0.466 e. The van der Waals surface area contributed by atoms with Crippen LogP contribution in [0, 0.1) is 0 Å². The lowest BCUT2D eigenvalue weighted by Gasteiger charge is -2.28. The highest BCUT2D eigenvalue weighted by molar-refractivity contribution is 6.30. The van der Waals surface area contributed by atoms with Crippen LogP contribution in [0.2, 0.25) is 5.02 Å². The summed E-state index contributed by atoms with van der Waals surface area (Å²) in [7, 11) is 0. The fourth-order valence-corrected chi connectivity index (χ4v) is 2.05. The van der Waals surface area contributed by atoms with Crippen molar-refractivity contribution in [1.82, 2.24) is 4.98 Å². The second-order valence-corrected chi connectivity index (χ2v) is 4.49. The number of aromatic nitrogens is 1. The van der Waals surface area contributed by atoms with Crippen LogP contribution in [0.25, 0.3) is 0 Å². The highest BCUT2D eigenvalue weighted by Crippen LogP contribution is 2.36. The predicted molar refractivity (Wildman–Crippen MR) is 72.7 cm³/mol. The molecule has 1 aromatic heterocycles. The van der Waals surface area contributed by atoms with Gasteiger partial charge in [-0.25, -0.2) is 0 Å². The molecule has 6 heteroatoms. The molecule has 0 radical (unpaired) electrons. The summed E-state index contributed by atoms with van der Waals surface area (Å²) in [5.41, 5.74) is 6.90. The summed E-state index contributed by atoms with van der Waals surface area (Å²) < 4.78 is 5.28. The van der Waals surface area contributed by atoms with Crippen molar-refractivity contribution in [2.24, 2.45) is 0 Å². The zero-order valence-corrected chi connectivity index (χ0v) is 10.6. The normalized spacial score (nSPS) is 13.9. The molecule has 0 bridgehead atoms. The Labute approximate surface area is 114 Å². The van der Waals surface area contributed by atoms with Crippen LogP contribution in [0.1, 0.15) is 0 Å². The van der Waals surface area contributed by atoms with Crippen LogP contribution in [0.15, 0.2) is 36.4 Å². The van der Waals surface area contributed by atoms with E-state index in [0.717, 1.165) is 0 Å². The summed E-state index contributed by atoms with van der Waals surface area (Å²) in [6.07, 6.45) is 0. The smallest absolute Gasteiger partial charge is 0.269 e. The van der Waals surface area contributed by atoms with Crippen molar-refractivity contribution in [2.75, 3.05) is 17.2 Å². The highest BCUT2D eigenvalue weighted by Gasteiger charge is 2.28. The van der Waals surface area contributed by atoms with Crippen molar-refractivity contribution in [3.8, 4) is 5.88 Å². The topological polar surface area (TPSA) is 68.5 Å². The number of halogens is 1. The summed E-state index contributed by atoms with van der Waals surface area (Å²) in [6, 6.07) is 10.3. The van der Waals surface area contributed by atoms with Crippen LogP contribution in [0.4, 0.5) is 17.2 Å². The van der Waals surface area contributed by atoms with Crippen molar-refractivity contribution in [3.63, 3.8) is 0 Å². The van der Waals surface area contributed by atoms with Crippen LogP contribution >= 0.6 is 11.6 Å². The minimum absolute atomic E-state index is 0.0634. The molecule has 96 valence electrons. The van der Waals surface area contributed by atoms with E-state index < -0.39 is 0 Å². The first-order chi connectivity index (χ1) is 9.15. The summed E-state index contributed by atoms with van der Waals surface area (Å²) in [6.45, 7) is -0.0634. The van der Waals surface area contributed by atoms with Crippen LogP contribution in [0.5, 0.6) is 5.88 Å². The van der Waals surface area contributed by atoms with Crippen LogP contribution in [0.3, 0.4) is 0 Å². The van der Waals surface area contributed by atoms with E-state index in [2.05, 4.69) is 4.98 Å². The number of nitrogen functional groups attached to an aromatic ring is 1. The first-order valence-corrected chi connectivity index (χ1v) is 6.01. The Hall–Kier alpha value is -2.27. The fraction of sp³-hybridized carbons (Fsp3) is 0.0769. The van der Waals surface area contributed by atoms with E-state index in [1.54, 1.807) is 41.3 Å². The number of nitrogens with zero attached hydrogens (tertiary/aromatic N) is 2. The molecule has 5 nitrogen and oxygen atoms in total. The van der Waals surface area contributed by atoms with E-state index >= 15 is 0 Å². The van der Waals surface area contributed by atoms with E-state index in [1.807, 2.05) is 0 Å². The van der Waals surface area contributed by atoms with Crippen molar-refractivity contribution >= 4 is 34.7 Å². The first kappa shape index (κ1) is 11.8. The Morgan fingerprint density at radius 3 is 2.68 bits per heavy atom. The lowest BCUT2D eigenvalue weighted by Crippen LogP contribution is -2.35. The third kappa shape index (κ3) is 2.08. The lowest BCUT2D eigenvalue weighted by molar-refractivity contribution is -0.120. The third-order valence-corrected chi connectivity index (χ3v) is 3.02. The number of fused-ring (bicyclic) bond motifs is 1. The Balaban J connectivity index is 2.10. The highest BCUT2D eigenvalue weighted by atomic mass is 35.5.